The quantitative estimate of drug-likeness (QED) is 0.522. The molecular formula is C21H29OS+. The van der Waals surface area contributed by atoms with Gasteiger partial charge >= 0.3 is 0 Å². The molecule has 2 unspecified atom stereocenters. The van der Waals surface area contributed by atoms with E-state index in [2.05, 4.69) is 57.2 Å². The average molecular weight is 330 g/mol. The minimum Gasteiger partial charge on any atom is -0.381 e. The van der Waals surface area contributed by atoms with E-state index in [9.17, 15) is 0 Å². The molecule has 3 rings (SSSR count). The first kappa shape index (κ1) is 16.9. The van der Waals surface area contributed by atoms with E-state index in [0.717, 1.165) is 30.8 Å². The first-order valence-corrected chi connectivity index (χ1v) is 10.5. The second kappa shape index (κ2) is 7.72. The molecule has 0 radical (unpaired) electrons. The molecule has 1 nitrogen and oxygen atoms in total. The summed E-state index contributed by atoms with van der Waals surface area (Å²) in [6.07, 6.45) is 3.81. The van der Waals surface area contributed by atoms with Gasteiger partial charge in [0.25, 0.3) is 0 Å². The van der Waals surface area contributed by atoms with E-state index >= 15 is 0 Å². The van der Waals surface area contributed by atoms with Crippen LogP contribution in [0.5, 0.6) is 0 Å². The Kier molecular flexibility index (Phi) is 5.66. The lowest BCUT2D eigenvalue weighted by Gasteiger charge is -2.17. The van der Waals surface area contributed by atoms with Crippen molar-refractivity contribution in [3.05, 3.63) is 42.0 Å². The Morgan fingerprint density at radius 1 is 1.13 bits per heavy atom. The molecular weight excluding hydrogens is 300 g/mol. The highest BCUT2D eigenvalue weighted by atomic mass is 32.2. The molecule has 2 aromatic carbocycles. The largest absolute Gasteiger partial charge is 0.381 e. The first-order chi connectivity index (χ1) is 11.2. The number of fused-ring (bicyclic) bond motifs is 1. The summed E-state index contributed by atoms with van der Waals surface area (Å²) in [5.41, 5.74) is 1.43. The zero-order valence-electron chi connectivity index (χ0n) is 14.7. The van der Waals surface area contributed by atoms with Crippen LogP contribution in [0, 0.1) is 5.92 Å². The van der Waals surface area contributed by atoms with Crippen molar-refractivity contribution in [3.63, 3.8) is 0 Å². The normalized spacial score (nSPS) is 21.4. The Morgan fingerprint density at radius 3 is 2.65 bits per heavy atom. The van der Waals surface area contributed by atoms with Crippen molar-refractivity contribution in [3.8, 4) is 0 Å². The fourth-order valence-electron chi connectivity index (χ4n) is 3.78. The molecule has 2 aromatic rings. The van der Waals surface area contributed by atoms with Gasteiger partial charge in [-0.3, -0.25) is 0 Å². The molecule has 0 spiro atoms. The summed E-state index contributed by atoms with van der Waals surface area (Å²) < 4.78 is 5.57. The van der Waals surface area contributed by atoms with E-state index in [1.165, 1.54) is 34.9 Å². The van der Waals surface area contributed by atoms with Gasteiger partial charge in [-0.05, 0) is 42.8 Å². The summed E-state index contributed by atoms with van der Waals surface area (Å²) in [4.78, 5) is 1.61. The third-order valence-electron chi connectivity index (χ3n) is 4.94. The van der Waals surface area contributed by atoms with Crippen molar-refractivity contribution in [1.29, 1.82) is 0 Å². The van der Waals surface area contributed by atoms with Crippen molar-refractivity contribution >= 4 is 21.7 Å². The number of ether oxygens (including phenoxy) is 1. The van der Waals surface area contributed by atoms with Crippen LogP contribution < -0.4 is 0 Å². The number of rotatable bonds is 6. The highest BCUT2D eigenvalue weighted by Crippen LogP contribution is 2.38. The second-order valence-electron chi connectivity index (χ2n) is 6.77. The van der Waals surface area contributed by atoms with E-state index in [4.69, 9.17) is 4.74 Å². The van der Waals surface area contributed by atoms with Gasteiger partial charge in [-0.2, -0.15) is 0 Å². The third kappa shape index (κ3) is 3.59. The smallest absolute Gasteiger partial charge is 0.163 e. The fraction of sp³-hybridized carbons (Fsp3) is 0.524. The lowest BCUT2D eigenvalue weighted by molar-refractivity contribution is 0.151. The molecule has 1 saturated heterocycles. The van der Waals surface area contributed by atoms with Crippen LogP contribution in [0.15, 0.2) is 41.3 Å². The average Bonchev–Trinajstić information content (AvgIpc) is 3.05. The van der Waals surface area contributed by atoms with E-state index in [0.29, 0.717) is 10.9 Å². The van der Waals surface area contributed by atoms with Gasteiger partial charge in [0.05, 0.1) is 6.61 Å². The SMILES string of the molecule is CCOCCc1ccc([S+]2CCCC2C(C)C)c2ccccc12. The molecule has 0 aromatic heterocycles. The minimum absolute atomic E-state index is 0.420. The summed E-state index contributed by atoms with van der Waals surface area (Å²) >= 11 is 0. The summed E-state index contributed by atoms with van der Waals surface area (Å²) in [5.74, 6) is 2.17. The van der Waals surface area contributed by atoms with Crippen LogP contribution in [0.1, 0.15) is 39.2 Å². The monoisotopic (exact) mass is 329 g/mol. The zero-order chi connectivity index (χ0) is 16.2. The van der Waals surface area contributed by atoms with Crippen molar-refractivity contribution in [2.75, 3.05) is 19.0 Å². The highest BCUT2D eigenvalue weighted by molar-refractivity contribution is 7.98. The molecule has 23 heavy (non-hydrogen) atoms. The summed E-state index contributed by atoms with van der Waals surface area (Å²) in [6.45, 7) is 8.48. The van der Waals surface area contributed by atoms with Crippen LogP contribution in [0.3, 0.4) is 0 Å². The molecule has 124 valence electrons. The Morgan fingerprint density at radius 2 is 1.91 bits per heavy atom. The molecule has 0 amide bonds. The molecule has 0 bridgehead atoms. The van der Waals surface area contributed by atoms with Crippen molar-refractivity contribution in [1.82, 2.24) is 0 Å². The van der Waals surface area contributed by atoms with E-state index in [1.807, 2.05) is 0 Å². The number of hydrogen-bond acceptors (Lipinski definition) is 1. The Labute approximate surface area is 143 Å². The highest BCUT2D eigenvalue weighted by Gasteiger charge is 2.41. The van der Waals surface area contributed by atoms with Gasteiger partial charge in [0.2, 0.25) is 0 Å². The van der Waals surface area contributed by atoms with Gasteiger partial charge in [-0.1, -0.05) is 38.1 Å². The predicted octanol–water partition coefficient (Wildman–Crippen LogP) is 5.21. The lowest BCUT2D eigenvalue weighted by Crippen LogP contribution is -2.23. The fourth-order valence-corrected chi connectivity index (χ4v) is 6.91. The van der Waals surface area contributed by atoms with Crippen LogP contribution in [-0.2, 0) is 22.1 Å². The van der Waals surface area contributed by atoms with Crippen LogP contribution in [0.2, 0.25) is 0 Å². The number of hydrogen-bond donors (Lipinski definition) is 0. The van der Waals surface area contributed by atoms with Crippen molar-refractivity contribution in [2.45, 2.75) is 50.2 Å². The molecule has 1 fully saturated rings. The molecule has 0 aliphatic carbocycles. The molecule has 1 heterocycles. The zero-order valence-corrected chi connectivity index (χ0v) is 15.5. The van der Waals surface area contributed by atoms with Crippen molar-refractivity contribution in [2.24, 2.45) is 5.92 Å². The molecule has 1 aliphatic rings. The Hall–Kier alpha value is -0.990. The molecule has 0 saturated carbocycles. The van der Waals surface area contributed by atoms with Crippen molar-refractivity contribution < 1.29 is 4.74 Å². The van der Waals surface area contributed by atoms with Crippen LogP contribution in [0.4, 0.5) is 0 Å². The minimum atomic E-state index is 0.420. The summed E-state index contributed by atoms with van der Waals surface area (Å²) in [6, 6.07) is 13.8. The number of benzene rings is 2. The maximum Gasteiger partial charge on any atom is 0.163 e. The van der Waals surface area contributed by atoms with Crippen LogP contribution in [-0.4, -0.2) is 24.2 Å². The van der Waals surface area contributed by atoms with Gasteiger partial charge < -0.3 is 4.74 Å². The van der Waals surface area contributed by atoms with Gasteiger partial charge in [0.15, 0.2) is 4.90 Å². The first-order valence-electron chi connectivity index (χ1n) is 9.00. The topological polar surface area (TPSA) is 9.23 Å². The Bertz CT molecular complexity index is 649. The molecule has 2 atom stereocenters. The maximum absolute atomic E-state index is 5.57. The second-order valence-corrected chi connectivity index (χ2v) is 9.08. The van der Waals surface area contributed by atoms with Gasteiger partial charge in [-0.15, -0.1) is 0 Å². The van der Waals surface area contributed by atoms with Gasteiger partial charge in [-0.25, -0.2) is 0 Å². The molecule has 0 N–H and O–H groups in total. The van der Waals surface area contributed by atoms with Gasteiger partial charge in [0.1, 0.15) is 11.0 Å². The summed E-state index contributed by atoms with van der Waals surface area (Å²) in [5, 5.41) is 3.79. The predicted molar refractivity (Wildman–Crippen MR) is 103 cm³/mol. The van der Waals surface area contributed by atoms with Gasteiger partial charge in [0, 0.05) is 35.2 Å². The third-order valence-corrected chi connectivity index (χ3v) is 8.10. The van der Waals surface area contributed by atoms with Crippen LogP contribution in [0.25, 0.3) is 10.8 Å². The maximum atomic E-state index is 5.57. The lowest BCUT2D eigenvalue weighted by atomic mass is 10.0. The van der Waals surface area contributed by atoms with Crippen LogP contribution >= 0.6 is 0 Å². The molecule has 1 aliphatic heterocycles. The van der Waals surface area contributed by atoms with E-state index < -0.39 is 0 Å². The standard InChI is InChI=1S/C21H29OS/c1-4-22-14-13-17-11-12-21(19-9-6-5-8-18(17)19)23-15-7-10-20(23)16(2)3/h5-6,8-9,11-12,16,20H,4,7,10,13-15H2,1-3H3/q+1. The molecule has 2 heteroatoms. The summed E-state index contributed by atoms with van der Waals surface area (Å²) in [7, 11) is 0.420. The van der Waals surface area contributed by atoms with E-state index in [-0.39, 0.29) is 0 Å². The Balaban J connectivity index is 1.97. The van der Waals surface area contributed by atoms with E-state index in [1.54, 1.807) is 4.90 Å².